The highest BCUT2D eigenvalue weighted by molar-refractivity contribution is 5.99. The van der Waals surface area contributed by atoms with E-state index in [9.17, 15) is 4.79 Å². The topological polar surface area (TPSA) is 38.8 Å². The Labute approximate surface area is 114 Å². The standard InChI is InChI=1S/C15H21NO3/c1-11-12(2)15(18-3)5-4-13(11)14(17)10-16-6-8-19-9-7-16/h4-5H,6-10H2,1-3H3. The van der Waals surface area contributed by atoms with E-state index in [0.717, 1.165) is 35.5 Å². The van der Waals surface area contributed by atoms with Crippen molar-refractivity contribution in [3.05, 3.63) is 28.8 Å². The number of hydrogen-bond acceptors (Lipinski definition) is 4. The lowest BCUT2D eigenvalue weighted by molar-refractivity contribution is 0.0371. The third-order valence-corrected chi connectivity index (χ3v) is 3.73. The number of nitrogens with zero attached hydrogens (tertiary/aromatic N) is 1. The zero-order chi connectivity index (χ0) is 13.8. The highest BCUT2D eigenvalue weighted by atomic mass is 16.5. The van der Waals surface area contributed by atoms with Gasteiger partial charge < -0.3 is 9.47 Å². The fourth-order valence-electron chi connectivity index (χ4n) is 2.37. The van der Waals surface area contributed by atoms with Crippen molar-refractivity contribution in [2.45, 2.75) is 13.8 Å². The monoisotopic (exact) mass is 263 g/mol. The summed E-state index contributed by atoms with van der Waals surface area (Å²) in [5.74, 6) is 1.01. The summed E-state index contributed by atoms with van der Waals surface area (Å²) in [7, 11) is 1.65. The predicted octanol–water partition coefficient (Wildman–Crippen LogP) is 1.83. The summed E-state index contributed by atoms with van der Waals surface area (Å²) in [6.45, 7) is 7.53. The van der Waals surface area contributed by atoms with Crippen molar-refractivity contribution >= 4 is 5.78 Å². The maximum absolute atomic E-state index is 12.4. The molecule has 1 aliphatic heterocycles. The first kappa shape index (κ1) is 14.0. The molecule has 1 aromatic rings. The predicted molar refractivity (Wildman–Crippen MR) is 74.1 cm³/mol. The van der Waals surface area contributed by atoms with Crippen LogP contribution in [0.15, 0.2) is 12.1 Å². The number of ketones is 1. The average molecular weight is 263 g/mol. The molecular formula is C15H21NO3. The lowest BCUT2D eigenvalue weighted by Crippen LogP contribution is -2.39. The molecule has 0 amide bonds. The molecule has 0 aliphatic carbocycles. The van der Waals surface area contributed by atoms with E-state index in [1.807, 2.05) is 26.0 Å². The quantitative estimate of drug-likeness (QED) is 0.777. The van der Waals surface area contributed by atoms with E-state index in [1.165, 1.54) is 0 Å². The third-order valence-electron chi connectivity index (χ3n) is 3.73. The number of methoxy groups -OCH3 is 1. The molecule has 4 heteroatoms. The molecule has 1 heterocycles. The molecule has 0 atom stereocenters. The molecule has 1 saturated heterocycles. The summed E-state index contributed by atoms with van der Waals surface area (Å²) >= 11 is 0. The second-order valence-electron chi connectivity index (χ2n) is 4.88. The Morgan fingerprint density at radius 2 is 1.95 bits per heavy atom. The van der Waals surface area contributed by atoms with Crippen molar-refractivity contribution in [3.63, 3.8) is 0 Å². The van der Waals surface area contributed by atoms with Gasteiger partial charge in [0.15, 0.2) is 5.78 Å². The second kappa shape index (κ2) is 6.17. The van der Waals surface area contributed by atoms with Crippen molar-refractivity contribution in [2.24, 2.45) is 0 Å². The molecule has 19 heavy (non-hydrogen) atoms. The minimum absolute atomic E-state index is 0.171. The highest BCUT2D eigenvalue weighted by Gasteiger charge is 2.18. The third kappa shape index (κ3) is 3.14. The van der Waals surface area contributed by atoms with E-state index >= 15 is 0 Å². The summed E-state index contributed by atoms with van der Waals surface area (Å²) in [5.41, 5.74) is 2.85. The molecule has 0 bridgehead atoms. The fourth-order valence-corrected chi connectivity index (χ4v) is 2.37. The molecule has 1 aliphatic rings. The van der Waals surface area contributed by atoms with Crippen LogP contribution >= 0.6 is 0 Å². The molecule has 4 nitrogen and oxygen atoms in total. The van der Waals surface area contributed by atoms with Gasteiger partial charge in [-0.3, -0.25) is 9.69 Å². The fraction of sp³-hybridized carbons (Fsp3) is 0.533. The number of benzene rings is 1. The Morgan fingerprint density at radius 1 is 1.26 bits per heavy atom. The van der Waals surface area contributed by atoms with Gasteiger partial charge in [0.1, 0.15) is 5.75 Å². The lowest BCUT2D eigenvalue weighted by atomic mass is 9.99. The molecule has 0 aromatic heterocycles. The number of rotatable bonds is 4. The van der Waals surface area contributed by atoms with Crippen LogP contribution in [0.25, 0.3) is 0 Å². The van der Waals surface area contributed by atoms with Crippen molar-refractivity contribution in [1.29, 1.82) is 0 Å². The Morgan fingerprint density at radius 3 is 2.58 bits per heavy atom. The molecule has 1 aromatic carbocycles. The van der Waals surface area contributed by atoms with E-state index < -0.39 is 0 Å². The van der Waals surface area contributed by atoms with Gasteiger partial charge in [0.05, 0.1) is 26.9 Å². The van der Waals surface area contributed by atoms with Crippen LogP contribution in [0.2, 0.25) is 0 Å². The number of ether oxygens (including phenoxy) is 2. The molecule has 0 radical (unpaired) electrons. The zero-order valence-corrected chi connectivity index (χ0v) is 11.9. The van der Waals surface area contributed by atoms with Crippen molar-refractivity contribution in [1.82, 2.24) is 4.90 Å². The second-order valence-corrected chi connectivity index (χ2v) is 4.88. The highest BCUT2D eigenvalue weighted by Crippen LogP contribution is 2.24. The van der Waals surface area contributed by atoms with Gasteiger partial charge in [-0.25, -0.2) is 0 Å². The van der Waals surface area contributed by atoms with Crippen LogP contribution in [0, 0.1) is 13.8 Å². The smallest absolute Gasteiger partial charge is 0.177 e. The van der Waals surface area contributed by atoms with Crippen LogP contribution in [-0.4, -0.2) is 50.6 Å². The molecule has 104 valence electrons. The Balaban J connectivity index is 2.12. The minimum Gasteiger partial charge on any atom is -0.496 e. The summed E-state index contributed by atoms with van der Waals surface area (Å²) in [6.07, 6.45) is 0. The van der Waals surface area contributed by atoms with Crippen LogP contribution in [0.3, 0.4) is 0 Å². The van der Waals surface area contributed by atoms with Gasteiger partial charge in [-0.2, -0.15) is 0 Å². The summed E-state index contributed by atoms with van der Waals surface area (Å²) in [6, 6.07) is 3.73. The lowest BCUT2D eigenvalue weighted by Gasteiger charge is -2.26. The first-order chi connectivity index (χ1) is 9.13. The van der Waals surface area contributed by atoms with Crippen molar-refractivity contribution < 1.29 is 14.3 Å². The number of hydrogen-bond donors (Lipinski definition) is 0. The molecule has 0 unspecified atom stereocenters. The SMILES string of the molecule is COc1ccc(C(=O)CN2CCOCC2)c(C)c1C. The Hall–Kier alpha value is -1.39. The van der Waals surface area contributed by atoms with Crippen LogP contribution in [0.4, 0.5) is 0 Å². The molecule has 1 fully saturated rings. The van der Waals surface area contributed by atoms with Gasteiger partial charge in [0, 0.05) is 18.7 Å². The Bertz CT molecular complexity index is 465. The van der Waals surface area contributed by atoms with Gasteiger partial charge in [0.25, 0.3) is 0 Å². The van der Waals surface area contributed by atoms with Gasteiger partial charge in [-0.05, 0) is 37.1 Å². The van der Waals surface area contributed by atoms with Crippen LogP contribution < -0.4 is 4.74 Å². The van der Waals surface area contributed by atoms with E-state index in [4.69, 9.17) is 9.47 Å². The maximum atomic E-state index is 12.4. The van der Waals surface area contributed by atoms with Crippen molar-refractivity contribution in [3.8, 4) is 5.75 Å². The molecule has 0 spiro atoms. The van der Waals surface area contributed by atoms with Crippen LogP contribution in [-0.2, 0) is 4.74 Å². The van der Waals surface area contributed by atoms with E-state index in [1.54, 1.807) is 7.11 Å². The minimum atomic E-state index is 0.171. The van der Waals surface area contributed by atoms with E-state index in [0.29, 0.717) is 19.8 Å². The zero-order valence-electron chi connectivity index (χ0n) is 11.9. The normalized spacial score (nSPS) is 16.4. The van der Waals surface area contributed by atoms with Gasteiger partial charge in [-0.15, -0.1) is 0 Å². The number of morpholine rings is 1. The first-order valence-electron chi connectivity index (χ1n) is 6.61. The molecule has 0 saturated carbocycles. The van der Waals surface area contributed by atoms with E-state index in [2.05, 4.69) is 4.90 Å². The first-order valence-corrected chi connectivity index (χ1v) is 6.61. The average Bonchev–Trinajstić information content (AvgIpc) is 2.42. The summed E-state index contributed by atoms with van der Waals surface area (Å²) < 4.78 is 10.6. The largest absolute Gasteiger partial charge is 0.496 e. The number of Topliss-reactive ketones (excluding diaryl/α,β-unsaturated/α-hetero) is 1. The van der Waals surface area contributed by atoms with Crippen LogP contribution in [0.5, 0.6) is 5.75 Å². The maximum Gasteiger partial charge on any atom is 0.177 e. The number of carbonyl (C=O) groups excluding carboxylic acids is 1. The molecule has 0 N–H and O–H groups in total. The van der Waals surface area contributed by atoms with Gasteiger partial charge >= 0.3 is 0 Å². The Kier molecular flexibility index (Phi) is 4.56. The van der Waals surface area contributed by atoms with Gasteiger partial charge in [-0.1, -0.05) is 0 Å². The van der Waals surface area contributed by atoms with Crippen LogP contribution in [0.1, 0.15) is 21.5 Å². The summed E-state index contributed by atoms with van der Waals surface area (Å²) in [5, 5.41) is 0. The molecule has 2 rings (SSSR count). The van der Waals surface area contributed by atoms with E-state index in [-0.39, 0.29) is 5.78 Å². The number of carbonyl (C=O) groups is 1. The van der Waals surface area contributed by atoms with Crippen molar-refractivity contribution in [2.75, 3.05) is 40.0 Å². The van der Waals surface area contributed by atoms with Gasteiger partial charge in [0.2, 0.25) is 0 Å². The summed E-state index contributed by atoms with van der Waals surface area (Å²) in [4.78, 5) is 14.5. The molecular weight excluding hydrogens is 242 g/mol.